The summed E-state index contributed by atoms with van der Waals surface area (Å²) in [7, 11) is 0. The van der Waals surface area contributed by atoms with E-state index in [-0.39, 0.29) is 0 Å². The van der Waals surface area contributed by atoms with E-state index < -0.39 is 6.23 Å². The summed E-state index contributed by atoms with van der Waals surface area (Å²) in [4.78, 5) is 5.58. The van der Waals surface area contributed by atoms with Crippen LogP contribution in [0.15, 0.2) is 59.5 Å². The summed E-state index contributed by atoms with van der Waals surface area (Å²) in [5, 5.41) is 25.3. The number of nitrogens with two attached hydrogens (primary N) is 1. The third kappa shape index (κ3) is 3.55. The number of aliphatic hydroxyl groups is 1. The Morgan fingerprint density at radius 2 is 1.93 bits per heavy atom. The molecule has 0 aliphatic carbocycles. The number of fused-ring (bicyclic) bond motifs is 2. The SMILES string of the molecule is NCCNc1cc(C2=Cc3ccccc3SN(O)C2O)nc2ccccc12. The standard InChI is InChI=1S/C20H20N4O2S/c21-9-10-22-17-12-18(23-16-7-3-2-6-14(16)17)15-11-13-5-1-4-8-19(13)27-24(26)20(15)25/h1-8,11-12,20,25-26H,9-10,21H2,(H,22,23). The van der Waals surface area contributed by atoms with Crippen LogP contribution in [-0.2, 0) is 0 Å². The van der Waals surface area contributed by atoms with Gasteiger partial charge in [0, 0.05) is 34.6 Å². The molecule has 1 unspecified atom stereocenters. The van der Waals surface area contributed by atoms with E-state index >= 15 is 0 Å². The number of hydrogen-bond donors (Lipinski definition) is 4. The number of anilines is 1. The zero-order valence-electron chi connectivity index (χ0n) is 14.5. The quantitative estimate of drug-likeness (QED) is 0.517. The van der Waals surface area contributed by atoms with E-state index in [1.54, 1.807) is 0 Å². The normalized spacial score (nSPS) is 17.3. The van der Waals surface area contributed by atoms with Crippen molar-refractivity contribution in [1.82, 2.24) is 9.45 Å². The van der Waals surface area contributed by atoms with Gasteiger partial charge in [-0.2, -0.15) is 0 Å². The van der Waals surface area contributed by atoms with E-state index in [4.69, 9.17) is 10.7 Å². The van der Waals surface area contributed by atoms with Crippen molar-refractivity contribution < 1.29 is 10.3 Å². The Bertz CT molecular complexity index is 1010. The molecule has 1 aliphatic heterocycles. The number of nitrogens with zero attached hydrogens (tertiary/aromatic N) is 2. The van der Waals surface area contributed by atoms with Crippen molar-refractivity contribution in [2.24, 2.45) is 5.73 Å². The number of hydroxylamine groups is 1. The van der Waals surface area contributed by atoms with Gasteiger partial charge in [-0.1, -0.05) is 40.9 Å². The zero-order valence-corrected chi connectivity index (χ0v) is 15.4. The van der Waals surface area contributed by atoms with E-state index in [9.17, 15) is 10.3 Å². The number of hydrogen-bond acceptors (Lipinski definition) is 7. The first-order valence-electron chi connectivity index (χ1n) is 8.66. The van der Waals surface area contributed by atoms with Crippen LogP contribution in [0.1, 0.15) is 11.3 Å². The van der Waals surface area contributed by atoms with Crippen LogP contribution in [0.3, 0.4) is 0 Å². The van der Waals surface area contributed by atoms with Gasteiger partial charge in [0.2, 0.25) is 0 Å². The molecular weight excluding hydrogens is 360 g/mol. The molecule has 0 spiro atoms. The second-order valence-corrected chi connectivity index (χ2v) is 7.19. The predicted octanol–water partition coefficient (Wildman–Crippen LogP) is 3.18. The molecule has 138 valence electrons. The minimum atomic E-state index is -1.21. The fourth-order valence-electron chi connectivity index (χ4n) is 3.08. The number of nitrogens with one attached hydrogen (secondary N) is 1. The minimum Gasteiger partial charge on any atom is -0.383 e. The second-order valence-electron chi connectivity index (χ2n) is 6.19. The average Bonchev–Trinajstić information content (AvgIpc) is 2.82. The molecule has 3 aromatic rings. The molecule has 0 radical (unpaired) electrons. The van der Waals surface area contributed by atoms with Crippen LogP contribution in [0.4, 0.5) is 5.69 Å². The molecule has 1 atom stereocenters. The summed E-state index contributed by atoms with van der Waals surface area (Å²) in [6.07, 6.45) is 0.658. The summed E-state index contributed by atoms with van der Waals surface area (Å²) in [6, 6.07) is 17.4. The summed E-state index contributed by atoms with van der Waals surface area (Å²) >= 11 is 1.09. The van der Waals surface area contributed by atoms with E-state index in [2.05, 4.69) is 5.32 Å². The molecule has 0 amide bonds. The van der Waals surface area contributed by atoms with Gasteiger partial charge in [-0.15, -0.1) is 0 Å². The van der Waals surface area contributed by atoms with E-state index in [0.717, 1.165) is 43.5 Å². The third-order valence-electron chi connectivity index (χ3n) is 4.38. The molecule has 1 aliphatic rings. The van der Waals surface area contributed by atoms with Crippen LogP contribution in [0.2, 0.25) is 0 Å². The maximum Gasteiger partial charge on any atom is 0.169 e. The monoisotopic (exact) mass is 380 g/mol. The number of rotatable bonds is 4. The predicted molar refractivity (Wildman–Crippen MR) is 109 cm³/mol. The lowest BCUT2D eigenvalue weighted by atomic mass is 10.0. The first-order chi connectivity index (χ1) is 13.2. The van der Waals surface area contributed by atoms with Gasteiger partial charge in [0.1, 0.15) is 0 Å². The van der Waals surface area contributed by atoms with Crippen LogP contribution in [0.5, 0.6) is 0 Å². The second kappa shape index (κ2) is 7.67. The molecule has 4 rings (SSSR count). The zero-order chi connectivity index (χ0) is 18.8. The Kier molecular flexibility index (Phi) is 5.11. The molecule has 6 nitrogen and oxygen atoms in total. The average molecular weight is 380 g/mol. The summed E-state index contributed by atoms with van der Waals surface area (Å²) < 4.78 is 0.849. The summed E-state index contributed by atoms with van der Waals surface area (Å²) in [6.45, 7) is 1.13. The number of benzene rings is 2. The van der Waals surface area contributed by atoms with Crippen LogP contribution in [0.25, 0.3) is 22.6 Å². The van der Waals surface area contributed by atoms with Crippen LogP contribution in [-0.4, -0.2) is 39.1 Å². The topological polar surface area (TPSA) is 94.6 Å². The van der Waals surface area contributed by atoms with Crippen LogP contribution < -0.4 is 11.1 Å². The van der Waals surface area contributed by atoms with Crippen molar-refractivity contribution in [2.75, 3.05) is 18.4 Å². The highest BCUT2D eigenvalue weighted by Crippen LogP contribution is 2.37. The van der Waals surface area contributed by atoms with Gasteiger partial charge < -0.3 is 21.4 Å². The summed E-state index contributed by atoms with van der Waals surface area (Å²) in [5.41, 5.74) is 9.37. The highest BCUT2D eigenvalue weighted by atomic mass is 32.2. The molecular formula is C20H20N4O2S. The maximum absolute atomic E-state index is 10.7. The highest BCUT2D eigenvalue weighted by Gasteiger charge is 2.26. The third-order valence-corrected chi connectivity index (χ3v) is 5.34. The fraction of sp³-hybridized carbons (Fsp3) is 0.150. The molecule has 1 aromatic heterocycles. The van der Waals surface area contributed by atoms with Crippen LogP contribution >= 0.6 is 11.9 Å². The molecule has 0 saturated carbocycles. The Morgan fingerprint density at radius 1 is 1.15 bits per heavy atom. The van der Waals surface area contributed by atoms with Gasteiger partial charge in [0.15, 0.2) is 6.23 Å². The van der Waals surface area contributed by atoms with Gasteiger partial charge in [-0.25, -0.2) is 4.98 Å². The molecule has 7 heteroatoms. The van der Waals surface area contributed by atoms with Crippen molar-refractivity contribution in [3.8, 4) is 0 Å². The van der Waals surface area contributed by atoms with Crippen molar-refractivity contribution in [2.45, 2.75) is 11.1 Å². The lowest BCUT2D eigenvalue weighted by Crippen LogP contribution is -2.26. The number of aromatic nitrogens is 1. The number of aliphatic hydroxyl groups excluding tert-OH is 1. The molecule has 0 bridgehead atoms. The number of pyridine rings is 1. The molecule has 2 heterocycles. The summed E-state index contributed by atoms with van der Waals surface area (Å²) in [5.74, 6) is 0. The van der Waals surface area contributed by atoms with Crippen molar-refractivity contribution >= 4 is 40.2 Å². The van der Waals surface area contributed by atoms with E-state index in [1.165, 1.54) is 0 Å². The van der Waals surface area contributed by atoms with E-state index in [1.807, 2.05) is 60.7 Å². The maximum atomic E-state index is 10.7. The first kappa shape index (κ1) is 18.0. The van der Waals surface area contributed by atoms with Gasteiger partial charge >= 0.3 is 0 Å². The Morgan fingerprint density at radius 3 is 2.78 bits per heavy atom. The van der Waals surface area contributed by atoms with Gasteiger partial charge in [0.05, 0.1) is 11.2 Å². The first-order valence-corrected chi connectivity index (χ1v) is 9.43. The van der Waals surface area contributed by atoms with E-state index in [0.29, 0.717) is 24.4 Å². The largest absolute Gasteiger partial charge is 0.383 e. The number of para-hydroxylation sites is 1. The molecule has 2 aromatic carbocycles. The Balaban J connectivity index is 1.88. The molecule has 0 saturated heterocycles. The van der Waals surface area contributed by atoms with Gasteiger partial charge in [-0.05, 0) is 41.8 Å². The lowest BCUT2D eigenvalue weighted by molar-refractivity contribution is -0.0837. The lowest BCUT2D eigenvalue weighted by Gasteiger charge is -2.21. The van der Waals surface area contributed by atoms with Crippen LogP contribution in [0, 0.1) is 0 Å². The Labute approximate surface area is 161 Å². The van der Waals surface area contributed by atoms with Gasteiger partial charge in [0.25, 0.3) is 0 Å². The van der Waals surface area contributed by atoms with Crippen molar-refractivity contribution in [3.05, 3.63) is 65.9 Å². The van der Waals surface area contributed by atoms with Crippen molar-refractivity contribution in [1.29, 1.82) is 0 Å². The minimum absolute atomic E-state index is 0.506. The molecule has 5 N–H and O–H groups in total. The van der Waals surface area contributed by atoms with Gasteiger partial charge in [-0.3, -0.25) is 0 Å². The smallest absolute Gasteiger partial charge is 0.169 e. The highest BCUT2D eigenvalue weighted by molar-refractivity contribution is 7.97. The molecule has 27 heavy (non-hydrogen) atoms. The Hall–Kier alpha value is -2.42. The van der Waals surface area contributed by atoms with Crippen molar-refractivity contribution in [3.63, 3.8) is 0 Å². The molecule has 0 fully saturated rings. The fourth-order valence-corrected chi connectivity index (χ4v) is 3.86.